The van der Waals surface area contributed by atoms with Crippen LogP contribution in [-0.4, -0.2) is 30.4 Å². The van der Waals surface area contributed by atoms with Crippen molar-refractivity contribution in [2.24, 2.45) is 0 Å². The molecule has 1 aromatic rings. The number of aryl methyl sites for hydroxylation is 1. The highest BCUT2D eigenvalue weighted by molar-refractivity contribution is 6.30. The number of anilines is 1. The Morgan fingerprint density at radius 1 is 1.29 bits per heavy atom. The molecule has 0 atom stereocenters. The molecule has 0 spiro atoms. The van der Waals surface area contributed by atoms with Gasteiger partial charge < -0.3 is 10.2 Å². The van der Waals surface area contributed by atoms with Gasteiger partial charge in [0.05, 0.1) is 31.5 Å². The van der Waals surface area contributed by atoms with Gasteiger partial charge in [-0.25, -0.2) is 0 Å². The SMILES string of the molecule is Cc1cc(Cl)ccc1NCC(=O)N(CCC#N)CCC#N. The highest BCUT2D eigenvalue weighted by Crippen LogP contribution is 2.19. The van der Waals surface area contributed by atoms with Crippen LogP contribution >= 0.6 is 11.6 Å². The summed E-state index contributed by atoms with van der Waals surface area (Å²) in [6.07, 6.45) is 0.522. The van der Waals surface area contributed by atoms with Gasteiger partial charge in [-0.05, 0) is 30.7 Å². The summed E-state index contributed by atoms with van der Waals surface area (Å²) in [6, 6.07) is 9.40. The number of amides is 1. The lowest BCUT2D eigenvalue weighted by molar-refractivity contribution is -0.129. The molecule has 0 unspecified atom stereocenters. The molecule has 0 aliphatic rings. The minimum absolute atomic E-state index is 0.124. The maximum Gasteiger partial charge on any atom is 0.241 e. The highest BCUT2D eigenvalue weighted by Gasteiger charge is 2.13. The van der Waals surface area contributed by atoms with Gasteiger partial charge in [0.25, 0.3) is 0 Å². The van der Waals surface area contributed by atoms with Crippen LogP contribution in [0.3, 0.4) is 0 Å². The average Bonchev–Trinajstić information content (AvgIpc) is 2.46. The molecule has 1 aromatic carbocycles. The van der Waals surface area contributed by atoms with Crippen molar-refractivity contribution >= 4 is 23.2 Å². The molecule has 0 aromatic heterocycles. The number of carbonyl (C=O) groups is 1. The van der Waals surface area contributed by atoms with Crippen LogP contribution in [0.5, 0.6) is 0 Å². The second-order valence-corrected chi connectivity index (χ2v) is 4.95. The van der Waals surface area contributed by atoms with Crippen LogP contribution in [0.1, 0.15) is 18.4 Å². The molecule has 0 fully saturated rings. The van der Waals surface area contributed by atoms with E-state index in [9.17, 15) is 4.79 Å². The lowest BCUT2D eigenvalue weighted by Gasteiger charge is -2.21. The van der Waals surface area contributed by atoms with Crippen LogP contribution in [0, 0.1) is 29.6 Å². The van der Waals surface area contributed by atoms with Crippen molar-refractivity contribution in [3.05, 3.63) is 28.8 Å². The van der Waals surface area contributed by atoms with Crippen LogP contribution in [0.2, 0.25) is 5.02 Å². The summed E-state index contributed by atoms with van der Waals surface area (Å²) in [7, 11) is 0. The fourth-order valence-corrected chi connectivity index (χ4v) is 2.07. The maximum atomic E-state index is 12.1. The third-order valence-electron chi connectivity index (χ3n) is 2.96. The van der Waals surface area contributed by atoms with Gasteiger partial charge in [-0.2, -0.15) is 10.5 Å². The van der Waals surface area contributed by atoms with E-state index in [0.29, 0.717) is 18.1 Å². The first-order valence-corrected chi connectivity index (χ1v) is 6.98. The predicted octanol–water partition coefficient (Wildman–Crippen LogP) is 2.72. The lowest BCUT2D eigenvalue weighted by Crippen LogP contribution is -2.37. The lowest BCUT2D eigenvalue weighted by atomic mass is 10.2. The zero-order valence-corrected chi connectivity index (χ0v) is 12.7. The van der Waals surface area contributed by atoms with Crippen molar-refractivity contribution < 1.29 is 4.79 Å². The van der Waals surface area contributed by atoms with E-state index in [-0.39, 0.29) is 25.3 Å². The first-order valence-electron chi connectivity index (χ1n) is 6.60. The minimum atomic E-state index is -0.130. The van der Waals surface area contributed by atoms with E-state index in [1.165, 1.54) is 4.90 Å². The van der Waals surface area contributed by atoms with E-state index >= 15 is 0 Å². The second kappa shape index (κ2) is 8.84. The Kier molecular flexibility index (Phi) is 7.08. The predicted molar refractivity (Wildman–Crippen MR) is 81.7 cm³/mol. The normalized spacial score (nSPS) is 9.52. The summed E-state index contributed by atoms with van der Waals surface area (Å²) in [5.41, 5.74) is 1.80. The van der Waals surface area contributed by atoms with E-state index in [1.54, 1.807) is 6.07 Å². The highest BCUT2D eigenvalue weighted by atomic mass is 35.5. The molecule has 110 valence electrons. The Balaban J connectivity index is 2.60. The standard InChI is InChI=1S/C15H17ClN4O/c1-12-10-13(16)4-5-14(12)19-11-15(21)20(8-2-6-17)9-3-7-18/h4-5,10,19H,2-3,8-9,11H2,1H3. The molecular weight excluding hydrogens is 288 g/mol. The molecule has 21 heavy (non-hydrogen) atoms. The molecule has 0 heterocycles. The Bertz CT molecular complexity index is 556. The Hall–Kier alpha value is -2.24. The molecule has 0 bridgehead atoms. The topological polar surface area (TPSA) is 79.9 Å². The third kappa shape index (κ3) is 5.72. The third-order valence-corrected chi connectivity index (χ3v) is 3.19. The van der Waals surface area contributed by atoms with Gasteiger partial charge in [-0.15, -0.1) is 0 Å². The average molecular weight is 305 g/mol. The molecule has 0 radical (unpaired) electrons. The first kappa shape index (κ1) is 16.8. The minimum Gasteiger partial charge on any atom is -0.376 e. The summed E-state index contributed by atoms with van der Waals surface area (Å²) < 4.78 is 0. The number of benzene rings is 1. The van der Waals surface area contributed by atoms with E-state index in [1.807, 2.05) is 31.2 Å². The summed E-state index contributed by atoms with van der Waals surface area (Å²) >= 11 is 5.88. The quantitative estimate of drug-likeness (QED) is 0.840. The zero-order chi connectivity index (χ0) is 15.7. The number of halogens is 1. The number of hydrogen-bond acceptors (Lipinski definition) is 4. The Morgan fingerprint density at radius 2 is 1.90 bits per heavy atom. The number of carbonyl (C=O) groups excluding carboxylic acids is 1. The largest absolute Gasteiger partial charge is 0.376 e. The van der Waals surface area contributed by atoms with Gasteiger partial charge in [0.1, 0.15) is 0 Å². The van der Waals surface area contributed by atoms with Gasteiger partial charge in [0, 0.05) is 23.8 Å². The summed E-state index contributed by atoms with van der Waals surface area (Å²) in [5.74, 6) is -0.130. The monoisotopic (exact) mass is 304 g/mol. The summed E-state index contributed by atoms with van der Waals surface area (Å²) in [5, 5.41) is 20.9. The van der Waals surface area contributed by atoms with Crippen molar-refractivity contribution in [3.63, 3.8) is 0 Å². The van der Waals surface area contributed by atoms with Gasteiger partial charge >= 0.3 is 0 Å². The Labute approximate surface area is 129 Å². The number of hydrogen-bond donors (Lipinski definition) is 1. The van der Waals surface area contributed by atoms with Crippen LogP contribution < -0.4 is 5.32 Å². The van der Waals surface area contributed by atoms with E-state index in [4.69, 9.17) is 22.1 Å². The van der Waals surface area contributed by atoms with Crippen molar-refractivity contribution in [3.8, 4) is 12.1 Å². The van der Waals surface area contributed by atoms with Crippen LogP contribution in [0.25, 0.3) is 0 Å². The van der Waals surface area contributed by atoms with Gasteiger partial charge in [0.15, 0.2) is 0 Å². The van der Waals surface area contributed by atoms with Gasteiger partial charge in [0.2, 0.25) is 5.91 Å². The second-order valence-electron chi connectivity index (χ2n) is 4.51. The fourth-order valence-electron chi connectivity index (χ4n) is 1.84. The molecular formula is C15H17ClN4O. The van der Waals surface area contributed by atoms with Crippen LogP contribution in [0.15, 0.2) is 18.2 Å². The van der Waals surface area contributed by atoms with Crippen molar-refractivity contribution in [1.29, 1.82) is 10.5 Å². The van der Waals surface area contributed by atoms with E-state index < -0.39 is 0 Å². The molecule has 0 saturated carbocycles. The van der Waals surface area contributed by atoms with Crippen molar-refractivity contribution in [2.75, 3.05) is 25.0 Å². The maximum absolute atomic E-state index is 12.1. The fraction of sp³-hybridized carbons (Fsp3) is 0.400. The van der Waals surface area contributed by atoms with Crippen LogP contribution in [-0.2, 0) is 4.79 Å². The Morgan fingerprint density at radius 3 is 2.43 bits per heavy atom. The first-order chi connectivity index (χ1) is 10.1. The number of rotatable bonds is 7. The molecule has 1 rings (SSSR count). The molecule has 6 heteroatoms. The molecule has 0 aliphatic carbocycles. The smallest absolute Gasteiger partial charge is 0.241 e. The molecule has 0 saturated heterocycles. The molecule has 1 amide bonds. The number of nitriles is 2. The van der Waals surface area contributed by atoms with Crippen molar-refractivity contribution in [1.82, 2.24) is 4.90 Å². The summed E-state index contributed by atoms with van der Waals surface area (Å²) in [6.45, 7) is 2.72. The zero-order valence-electron chi connectivity index (χ0n) is 11.9. The van der Waals surface area contributed by atoms with Crippen molar-refractivity contribution in [2.45, 2.75) is 19.8 Å². The van der Waals surface area contributed by atoms with E-state index in [0.717, 1.165) is 11.3 Å². The molecule has 0 aliphatic heterocycles. The van der Waals surface area contributed by atoms with Gasteiger partial charge in [-0.3, -0.25) is 4.79 Å². The van der Waals surface area contributed by atoms with Gasteiger partial charge in [-0.1, -0.05) is 11.6 Å². The molecule has 1 N–H and O–H groups in total. The molecule has 5 nitrogen and oxygen atoms in total. The number of nitrogens with zero attached hydrogens (tertiary/aromatic N) is 3. The summed E-state index contributed by atoms with van der Waals surface area (Å²) in [4.78, 5) is 13.7. The van der Waals surface area contributed by atoms with E-state index in [2.05, 4.69) is 5.32 Å². The number of nitrogens with one attached hydrogen (secondary N) is 1. The van der Waals surface area contributed by atoms with Crippen LogP contribution in [0.4, 0.5) is 5.69 Å².